The summed E-state index contributed by atoms with van der Waals surface area (Å²) >= 11 is 3.13. The Morgan fingerprint density at radius 3 is 2.69 bits per heavy atom. The number of hydrogen-bond acceptors (Lipinski definition) is 1. The molecular formula is C10H10BrFO. The molecule has 0 heterocycles. The van der Waals surface area contributed by atoms with E-state index in [1.807, 2.05) is 0 Å². The van der Waals surface area contributed by atoms with Gasteiger partial charge >= 0.3 is 0 Å². The number of carbonyl (C=O) groups excluding carboxylic acids is 1. The predicted molar refractivity (Wildman–Crippen MR) is 53.2 cm³/mol. The lowest BCUT2D eigenvalue weighted by molar-refractivity contribution is -0.116. The number of ketones is 1. The highest BCUT2D eigenvalue weighted by Crippen LogP contribution is 2.23. The maximum atomic E-state index is 13.0. The van der Waals surface area contributed by atoms with Gasteiger partial charge in [-0.15, -0.1) is 0 Å². The van der Waals surface area contributed by atoms with E-state index in [0.717, 1.165) is 11.1 Å². The lowest BCUT2D eigenvalue weighted by Gasteiger charge is -2.06. The smallest absolute Gasteiger partial charge is 0.137 e. The zero-order chi connectivity index (χ0) is 10.0. The largest absolute Gasteiger partial charge is 0.300 e. The van der Waals surface area contributed by atoms with Crippen molar-refractivity contribution in [2.45, 2.75) is 20.3 Å². The highest BCUT2D eigenvalue weighted by Gasteiger charge is 2.08. The molecule has 1 aromatic carbocycles. The molecule has 1 nitrogen and oxygen atoms in total. The molecule has 0 aromatic heterocycles. The molecule has 1 rings (SSSR count). The van der Waals surface area contributed by atoms with Crippen molar-refractivity contribution in [3.8, 4) is 0 Å². The number of carbonyl (C=O) groups is 1. The van der Waals surface area contributed by atoms with E-state index in [2.05, 4.69) is 15.9 Å². The first kappa shape index (κ1) is 10.4. The second-order valence-corrected chi connectivity index (χ2v) is 3.82. The van der Waals surface area contributed by atoms with E-state index in [1.165, 1.54) is 13.0 Å². The van der Waals surface area contributed by atoms with Gasteiger partial charge in [-0.2, -0.15) is 0 Å². The molecule has 0 amide bonds. The normalized spacial score (nSPS) is 10.2. The van der Waals surface area contributed by atoms with Gasteiger partial charge in [0, 0.05) is 6.42 Å². The Bertz CT molecular complexity index is 347. The second kappa shape index (κ2) is 4.01. The first-order chi connectivity index (χ1) is 6.02. The van der Waals surface area contributed by atoms with Gasteiger partial charge in [0.2, 0.25) is 0 Å². The molecule has 0 aliphatic heterocycles. The van der Waals surface area contributed by atoms with E-state index in [0.29, 0.717) is 10.9 Å². The van der Waals surface area contributed by atoms with E-state index in [-0.39, 0.29) is 11.6 Å². The maximum Gasteiger partial charge on any atom is 0.137 e. The van der Waals surface area contributed by atoms with Crippen LogP contribution in [0.15, 0.2) is 16.6 Å². The summed E-state index contributed by atoms with van der Waals surface area (Å²) in [6, 6.07) is 3.02. The van der Waals surface area contributed by atoms with Crippen LogP contribution in [0.1, 0.15) is 18.1 Å². The first-order valence-electron chi connectivity index (χ1n) is 3.95. The van der Waals surface area contributed by atoms with Gasteiger partial charge in [-0.05, 0) is 47.0 Å². The van der Waals surface area contributed by atoms with Crippen molar-refractivity contribution in [1.82, 2.24) is 0 Å². The van der Waals surface area contributed by atoms with E-state index in [4.69, 9.17) is 0 Å². The van der Waals surface area contributed by atoms with Gasteiger partial charge in [-0.3, -0.25) is 4.79 Å². The van der Waals surface area contributed by atoms with Crippen molar-refractivity contribution in [3.05, 3.63) is 33.5 Å². The quantitative estimate of drug-likeness (QED) is 0.782. The van der Waals surface area contributed by atoms with Gasteiger partial charge in [-0.25, -0.2) is 4.39 Å². The Hall–Kier alpha value is -0.700. The van der Waals surface area contributed by atoms with Gasteiger partial charge < -0.3 is 0 Å². The molecule has 0 aliphatic rings. The molecule has 3 heteroatoms. The Labute approximate surface area is 85.1 Å². The molecule has 0 saturated heterocycles. The van der Waals surface area contributed by atoms with Crippen LogP contribution in [0.2, 0.25) is 0 Å². The van der Waals surface area contributed by atoms with Crippen LogP contribution in [0.25, 0.3) is 0 Å². The zero-order valence-corrected chi connectivity index (χ0v) is 9.11. The van der Waals surface area contributed by atoms with Gasteiger partial charge in [-0.1, -0.05) is 6.07 Å². The molecule has 0 unspecified atom stereocenters. The van der Waals surface area contributed by atoms with E-state index in [1.54, 1.807) is 13.0 Å². The minimum atomic E-state index is -0.287. The summed E-state index contributed by atoms with van der Waals surface area (Å²) in [6.07, 6.45) is 0.366. The Kier molecular flexibility index (Phi) is 3.20. The summed E-state index contributed by atoms with van der Waals surface area (Å²) in [7, 11) is 0. The van der Waals surface area contributed by atoms with Crippen molar-refractivity contribution in [1.29, 1.82) is 0 Å². The lowest BCUT2D eigenvalue weighted by Crippen LogP contribution is -2.00. The number of hydrogen-bond donors (Lipinski definition) is 0. The van der Waals surface area contributed by atoms with Crippen LogP contribution in [0.5, 0.6) is 0 Å². The topological polar surface area (TPSA) is 17.1 Å². The fourth-order valence-corrected chi connectivity index (χ4v) is 1.54. The summed E-state index contributed by atoms with van der Waals surface area (Å²) in [4.78, 5) is 10.9. The predicted octanol–water partition coefficient (Wildman–Crippen LogP) is 3.03. The van der Waals surface area contributed by atoms with Crippen molar-refractivity contribution < 1.29 is 9.18 Å². The highest BCUT2D eigenvalue weighted by molar-refractivity contribution is 9.10. The average molecular weight is 245 g/mol. The third-order valence-corrected chi connectivity index (χ3v) is 2.86. The number of rotatable bonds is 2. The number of halogens is 2. The van der Waals surface area contributed by atoms with Gasteiger partial charge in [0.25, 0.3) is 0 Å². The minimum absolute atomic E-state index is 0.0848. The summed E-state index contributed by atoms with van der Waals surface area (Å²) in [5, 5.41) is 0. The average Bonchev–Trinajstić information content (AvgIpc) is 2.06. The van der Waals surface area contributed by atoms with Gasteiger partial charge in [0.1, 0.15) is 11.6 Å². The Balaban J connectivity index is 3.10. The van der Waals surface area contributed by atoms with Crippen LogP contribution in [0.3, 0.4) is 0 Å². The van der Waals surface area contributed by atoms with Crippen LogP contribution in [-0.4, -0.2) is 5.78 Å². The van der Waals surface area contributed by atoms with Crippen LogP contribution in [0.4, 0.5) is 4.39 Å². The third-order valence-electron chi connectivity index (χ3n) is 1.89. The first-order valence-corrected chi connectivity index (χ1v) is 4.74. The summed E-state index contributed by atoms with van der Waals surface area (Å²) in [5.74, 6) is -0.202. The second-order valence-electron chi connectivity index (χ2n) is 3.02. The minimum Gasteiger partial charge on any atom is -0.300 e. The van der Waals surface area contributed by atoms with Gasteiger partial charge in [0.05, 0.1) is 4.47 Å². The van der Waals surface area contributed by atoms with Gasteiger partial charge in [0.15, 0.2) is 0 Å². The van der Waals surface area contributed by atoms with Crippen molar-refractivity contribution in [2.75, 3.05) is 0 Å². The summed E-state index contributed by atoms with van der Waals surface area (Å²) < 4.78 is 13.4. The van der Waals surface area contributed by atoms with Crippen molar-refractivity contribution in [3.63, 3.8) is 0 Å². The molecule has 1 aromatic rings. The van der Waals surface area contributed by atoms with Crippen LogP contribution in [-0.2, 0) is 11.2 Å². The number of benzene rings is 1. The van der Waals surface area contributed by atoms with Crippen molar-refractivity contribution >= 4 is 21.7 Å². The Morgan fingerprint density at radius 2 is 2.15 bits per heavy atom. The lowest BCUT2D eigenvalue weighted by atomic mass is 10.0. The Morgan fingerprint density at radius 1 is 1.54 bits per heavy atom. The van der Waals surface area contributed by atoms with Crippen molar-refractivity contribution in [2.24, 2.45) is 0 Å². The maximum absolute atomic E-state index is 13.0. The standard InChI is InChI=1S/C10H10BrFO/c1-6(13)5-8-3-4-9(12)10(11)7(8)2/h3-4H,5H2,1-2H3. The highest BCUT2D eigenvalue weighted by atomic mass is 79.9. The molecule has 13 heavy (non-hydrogen) atoms. The molecule has 70 valence electrons. The molecule has 0 radical (unpaired) electrons. The molecular weight excluding hydrogens is 235 g/mol. The fraction of sp³-hybridized carbons (Fsp3) is 0.300. The molecule has 0 spiro atoms. The summed E-state index contributed by atoms with van der Waals surface area (Å²) in [6.45, 7) is 3.32. The molecule has 0 saturated carbocycles. The van der Waals surface area contributed by atoms with Crippen LogP contribution >= 0.6 is 15.9 Å². The molecule has 0 N–H and O–H groups in total. The molecule has 0 aliphatic carbocycles. The molecule has 0 bridgehead atoms. The third kappa shape index (κ3) is 2.37. The fourth-order valence-electron chi connectivity index (χ4n) is 1.15. The molecule has 0 fully saturated rings. The van der Waals surface area contributed by atoms with Crippen LogP contribution in [0, 0.1) is 12.7 Å². The zero-order valence-electron chi connectivity index (χ0n) is 7.53. The monoisotopic (exact) mass is 244 g/mol. The van der Waals surface area contributed by atoms with Crippen LogP contribution < -0.4 is 0 Å². The van der Waals surface area contributed by atoms with E-state index < -0.39 is 0 Å². The number of Topliss-reactive ketones (excluding diaryl/α,β-unsaturated/α-hetero) is 1. The molecule has 0 atom stereocenters. The van der Waals surface area contributed by atoms with E-state index >= 15 is 0 Å². The van der Waals surface area contributed by atoms with E-state index in [9.17, 15) is 9.18 Å². The SMILES string of the molecule is CC(=O)Cc1ccc(F)c(Br)c1C. The summed E-state index contributed by atoms with van der Waals surface area (Å²) in [5.41, 5.74) is 1.68.